The van der Waals surface area contributed by atoms with E-state index in [1.54, 1.807) is 30.3 Å². The Bertz CT molecular complexity index is 788. The van der Waals surface area contributed by atoms with Gasteiger partial charge in [-0.15, -0.1) is 0 Å². The van der Waals surface area contributed by atoms with Gasteiger partial charge < -0.3 is 10.1 Å². The van der Waals surface area contributed by atoms with Crippen molar-refractivity contribution in [2.45, 2.75) is 0 Å². The van der Waals surface area contributed by atoms with Crippen LogP contribution < -0.4 is 15.5 Å². The number of hydrazone groups is 1. The van der Waals surface area contributed by atoms with Crippen LogP contribution in [0.15, 0.2) is 66.3 Å². The van der Waals surface area contributed by atoms with E-state index in [1.807, 2.05) is 0 Å². The maximum atomic E-state index is 12.8. The van der Waals surface area contributed by atoms with Gasteiger partial charge in [0.05, 0.1) is 6.21 Å². The van der Waals surface area contributed by atoms with Crippen LogP contribution in [0.25, 0.3) is 0 Å². The fraction of sp³-hybridized carbons (Fsp3) is 0.0556. The Morgan fingerprint density at radius 3 is 2.56 bits per heavy atom. The molecule has 0 aliphatic carbocycles. The summed E-state index contributed by atoms with van der Waals surface area (Å²) in [6.07, 6.45) is 2.97. The molecule has 0 unspecified atom stereocenters. The number of para-hydroxylation sites is 1. The van der Waals surface area contributed by atoms with E-state index in [1.165, 1.54) is 30.5 Å². The van der Waals surface area contributed by atoms with Crippen LogP contribution in [0, 0.1) is 5.82 Å². The third-order valence-corrected chi connectivity index (χ3v) is 2.95. The number of carbonyl (C=O) groups excluding carboxylic acids is 2. The van der Waals surface area contributed by atoms with Crippen LogP contribution in [0.5, 0.6) is 5.75 Å². The second-order valence-corrected chi connectivity index (χ2v) is 4.80. The molecule has 6 nitrogen and oxygen atoms in total. The van der Waals surface area contributed by atoms with E-state index in [-0.39, 0.29) is 0 Å². The lowest BCUT2D eigenvalue weighted by Gasteiger charge is -2.06. The third-order valence-electron chi connectivity index (χ3n) is 2.95. The first kappa shape index (κ1) is 17.9. The van der Waals surface area contributed by atoms with Crippen molar-refractivity contribution >= 4 is 23.7 Å². The van der Waals surface area contributed by atoms with Crippen molar-refractivity contribution in [3.63, 3.8) is 0 Å². The first-order valence-electron chi connectivity index (χ1n) is 7.33. The Balaban J connectivity index is 1.92. The number of nitrogens with one attached hydrogen (secondary N) is 2. The van der Waals surface area contributed by atoms with Crippen LogP contribution in [0.1, 0.15) is 5.56 Å². The maximum Gasteiger partial charge on any atom is 0.329 e. The second-order valence-electron chi connectivity index (χ2n) is 4.80. The summed E-state index contributed by atoms with van der Waals surface area (Å²) in [6, 6.07) is 12.1. The summed E-state index contributed by atoms with van der Waals surface area (Å²) in [7, 11) is 0. The largest absolute Gasteiger partial charge is 0.489 e. The molecule has 0 atom stereocenters. The summed E-state index contributed by atoms with van der Waals surface area (Å²) < 4.78 is 18.2. The molecule has 25 heavy (non-hydrogen) atoms. The van der Waals surface area contributed by atoms with Gasteiger partial charge in [0, 0.05) is 11.3 Å². The molecule has 2 amide bonds. The number of ether oxygens (including phenoxy) is 1. The first-order valence-corrected chi connectivity index (χ1v) is 7.33. The zero-order chi connectivity index (χ0) is 18.1. The molecule has 0 spiro atoms. The second kappa shape index (κ2) is 8.97. The van der Waals surface area contributed by atoms with Crippen molar-refractivity contribution in [2.75, 3.05) is 11.9 Å². The summed E-state index contributed by atoms with van der Waals surface area (Å²) in [5.41, 5.74) is 3.04. The van der Waals surface area contributed by atoms with Crippen molar-refractivity contribution in [2.24, 2.45) is 5.10 Å². The molecule has 128 valence electrons. The van der Waals surface area contributed by atoms with Gasteiger partial charge in [-0.25, -0.2) is 9.82 Å². The number of halogens is 1. The number of anilines is 1. The quantitative estimate of drug-likeness (QED) is 0.367. The number of benzene rings is 2. The highest BCUT2D eigenvalue weighted by molar-refractivity contribution is 6.39. The van der Waals surface area contributed by atoms with Crippen LogP contribution in [-0.4, -0.2) is 24.6 Å². The molecule has 0 fully saturated rings. The Morgan fingerprint density at radius 1 is 1.12 bits per heavy atom. The minimum atomic E-state index is -0.954. The molecule has 0 heterocycles. The number of hydrogen-bond acceptors (Lipinski definition) is 4. The fourth-order valence-electron chi connectivity index (χ4n) is 1.80. The van der Waals surface area contributed by atoms with Gasteiger partial charge in [0.2, 0.25) is 0 Å². The van der Waals surface area contributed by atoms with E-state index in [0.717, 1.165) is 0 Å². The number of amides is 2. The van der Waals surface area contributed by atoms with Gasteiger partial charge in [-0.3, -0.25) is 9.59 Å². The minimum Gasteiger partial charge on any atom is -0.489 e. The lowest BCUT2D eigenvalue weighted by Crippen LogP contribution is -2.32. The smallest absolute Gasteiger partial charge is 0.329 e. The summed E-state index contributed by atoms with van der Waals surface area (Å²) in [4.78, 5) is 23.4. The molecule has 0 bridgehead atoms. The molecular weight excluding hydrogens is 325 g/mol. The predicted molar refractivity (Wildman–Crippen MR) is 92.9 cm³/mol. The van der Waals surface area contributed by atoms with Crippen molar-refractivity contribution in [3.05, 3.63) is 72.6 Å². The van der Waals surface area contributed by atoms with Gasteiger partial charge >= 0.3 is 11.8 Å². The lowest BCUT2D eigenvalue weighted by molar-refractivity contribution is -0.136. The van der Waals surface area contributed by atoms with E-state index < -0.39 is 17.6 Å². The highest BCUT2D eigenvalue weighted by Gasteiger charge is 2.12. The molecule has 0 saturated carbocycles. The molecule has 0 aliphatic heterocycles. The van der Waals surface area contributed by atoms with Crippen LogP contribution in [-0.2, 0) is 9.59 Å². The van der Waals surface area contributed by atoms with E-state index >= 15 is 0 Å². The van der Waals surface area contributed by atoms with Gasteiger partial charge in [0.25, 0.3) is 0 Å². The van der Waals surface area contributed by atoms with E-state index in [0.29, 0.717) is 23.6 Å². The Kier molecular flexibility index (Phi) is 6.41. The highest BCUT2D eigenvalue weighted by Crippen LogP contribution is 2.15. The van der Waals surface area contributed by atoms with Gasteiger partial charge in [-0.05, 0) is 36.4 Å². The molecule has 2 rings (SSSR count). The zero-order valence-electron chi connectivity index (χ0n) is 13.2. The predicted octanol–water partition coefficient (Wildman–Crippen LogP) is 2.48. The SMILES string of the molecule is C=CCOc1ccccc1C=NNC(=O)C(=O)Nc1ccc(F)cc1. The molecule has 0 aliphatic rings. The standard InChI is InChI=1S/C18H16FN3O3/c1-2-11-25-16-6-4-3-5-13(16)12-20-22-18(24)17(23)21-15-9-7-14(19)8-10-15/h2-10,12H,1,11H2,(H,21,23)(H,22,24). The van der Waals surface area contributed by atoms with E-state index in [2.05, 4.69) is 22.4 Å². The van der Waals surface area contributed by atoms with Crippen LogP contribution >= 0.6 is 0 Å². The summed E-state index contributed by atoms with van der Waals surface area (Å²) in [6.45, 7) is 3.90. The van der Waals surface area contributed by atoms with Crippen LogP contribution in [0.2, 0.25) is 0 Å². The van der Waals surface area contributed by atoms with Crippen LogP contribution in [0.4, 0.5) is 10.1 Å². The fourth-order valence-corrected chi connectivity index (χ4v) is 1.80. The van der Waals surface area contributed by atoms with Gasteiger partial charge in [0.1, 0.15) is 18.2 Å². The molecular formula is C18H16FN3O3. The Labute approximate surface area is 144 Å². The average Bonchev–Trinajstić information content (AvgIpc) is 2.62. The molecule has 0 saturated heterocycles. The number of hydrogen-bond donors (Lipinski definition) is 2. The molecule has 2 aromatic carbocycles. The van der Waals surface area contributed by atoms with Crippen molar-refractivity contribution in [3.8, 4) is 5.75 Å². The average molecular weight is 341 g/mol. The number of carbonyl (C=O) groups is 2. The van der Waals surface area contributed by atoms with Crippen molar-refractivity contribution < 1.29 is 18.7 Å². The summed E-state index contributed by atoms with van der Waals surface area (Å²) in [5, 5.41) is 6.07. The van der Waals surface area contributed by atoms with Gasteiger partial charge in [-0.2, -0.15) is 5.10 Å². The molecule has 0 aromatic heterocycles. The Hall–Kier alpha value is -3.48. The number of nitrogens with zero attached hydrogens (tertiary/aromatic N) is 1. The summed E-state index contributed by atoms with van der Waals surface area (Å²) in [5.74, 6) is -1.74. The van der Waals surface area contributed by atoms with Gasteiger partial charge in [-0.1, -0.05) is 24.8 Å². The maximum absolute atomic E-state index is 12.8. The number of rotatable bonds is 6. The topological polar surface area (TPSA) is 79.8 Å². The minimum absolute atomic E-state index is 0.300. The van der Waals surface area contributed by atoms with Gasteiger partial charge in [0.15, 0.2) is 0 Å². The third kappa shape index (κ3) is 5.58. The zero-order valence-corrected chi connectivity index (χ0v) is 13.2. The lowest BCUT2D eigenvalue weighted by atomic mass is 10.2. The molecule has 0 radical (unpaired) electrons. The van der Waals surface area contributed by atoms with Crippen molar-refractivity contribution in [1.29, 1.82) is 0 Å². The normalized spacial score (nSPS) is 10.3. The van der Waals surface area contributed by atoms with Crippen molar-refractivity contribution in [1.82, 2.24) is 5.43 Å². The van der Waals surface area contributed by atoms with E-state index in [9.17, 15) is 14.0 Å². The highest BCUT2D eigenvalue weighted by atomic mass is 19.1. The van der Waals surface area contributed by atoms with Crippen LogP contribution in [0.3, 0.4) is 0 Å². The molecule has 2 N–H and O–H groups in total. The van der Waals surface area contributed by atoms with E-state index in [4.69, 9.17) is 4.74 Å². The Morgan fingerprint density at radius 2 is 1.84 bits per heavy atom. The monoisotopic (exact) mass is 341 g/mol. The summed E-state index contributed by atoms with van der Waals surface area (Å²) >= 11 is 0. The first-order chi connectivity index (χ1) is 12.1. The molecule has 2 aromatic rings. The molecule has 7 heteroatoms.